The fourth-order valence-electron chi connectivity index (χ4n) is 0.554. The summed E-state index contributed by atoms with van der Waals surface area (Å²) in [6.45, 7) is 0. The molecule has 5 heteroatoms. The molecule has 0 aliphatic carbocycles. The third-order valence-corrected chi connectivity index (χ3v) is 2.56. The van der Waals surface area contributed by atoms with Crippen LogP contribution in [0.15, 0.2) is 6.20 Å². The zero-order valence-electron chi connectivity index (χ0n) is 5.14. The number of aromatic nitrogens is 2. The summed E-state index contributed by atoms with van der Waals surface area (Å²) in [7, 11) is 1.76. The second-order valence-electron chi connectivity index (χ2n) is 1.75. The molecule has 3 nitrogen and oxygen atoms in total. The Balaban J connectivity index is 3.17. The lowest BCUT2D eigenvalue weighted by Gasteiger charge is -1.90. The van der Waals surface area contributed by atoms with Gasteiger partial charge < -0.3 is 0 Å². The fourth-order valence-corrected chi connectivity index (χ4v) is 1.36. The van der Waals surface area contributed by atoms with Gasteiger partial charge in [0, 0.05) is 7.05 Å². The van der Waals surface area contributed by atoms with E-state index in [0.29, 0.717) is 5.56 Å². The predicted molar refractivity (Wildman–Crippen MR) is 46.1 cm³/mol. The van der Waals surface area contributed by atoms with Crippen LogP contribution in [0.4, 0.5) is 0 Å². The number of nitrogens with zero attached hydrogens (tertiary/aromatic N) is 2. The van der Waals surface area contributed by atoms with E-state index in [-0.39, 0.29) is 0 Å². The third kappa shape index (κ3) is 1.32. The van der Waals surface area contributed by atoms with Crippen molar-refractivity contribution >= 4 is 39.4 Å². The van der Waals surface area contributed by atoms with Crippen molar-refractivity contribution in [3.63, 3.8) is 0 Å². The monoisotopic (exact) mass is 270 g/mol. The minimum Gasteiger partial charge on any atom is -0.275 e. The summed E-state index contributed by atoms with van der Waals surface area (Å²) in [5.74, 6) is 0. The maximum Gasteiger partial charge on any atom is 0.256 e. The highest BCUT2D eigenvalue weighted by molar-refractivity contribution is 14.1. The lowest BCUT2D eigenvalue weighted by Crippen LogP contribution is -1.95. The van der Waals surface area contributed by atoms with Crippen LogP contribution in [-0.4, -0.2) is 15.0 Å². The van der Waals surface area contributed by atoms with Crippen LogP contribution in [0.5, 0.6) is 0 Å². The molecule has 54 valence electrons. The molecule has 0 amide bonds. The van der Waals surface area contributed by atoms with Crippen LogP contribution in [0.2, 0.25) is 0 Å². The van der Waals surface area contributed by atoms with Gasteiger partial charge in [0.2, 0.25) is 0 Å². The van der Waals surface area contributed by atoms with Gasteiger partial charge >= 0.3 is 0 Å². The molecular weight excluding hydrogens is 266 g/mol. The predicted octanol–water partition coefficient (Wildman–Crippen LogP) is 1.40. The van der Waals surface area contributed by atoms with E-state index < -0.39 is 5.24 Å². The van der Waals surface area contributed by atoms with Crippen molar-refractivity contribution in [2.75, 3.05) is 0 Å². The third-order valence-electron chi connectivity index (χ3n) is 1.08. The Labute approximate surface area is 76.5 Å². The minimum atomic E-state index is -0.461. The Kier molecular flexibility index (Phi) is 2.30. The Morgan fingerprint density at radius 2 is 2.50 bits per heavy atom. The summed E-state index contributed by atoms with van der Waals surface area (Å²) in [6.07, 6.45) is 1.46. The van der Waals surface area contributed by atoms with E-state index in [1.165, 1.54) is 6.20 Å². The molecule has 1 heterocycles. The van der Waals surface area contributed by atoms with Gasteiger partial charge in [-0.1, -0.05) is 0 Å². The Bertz CT molecular complexity index is 271. The Morgan fingerprint density at radius 3 is 2.70 bits per heavy atom. The number of aryl methyl sites for hydroxylation is 1. The summed E-state index contributed by atoms with van der Waals surface area (Å²) < 4.78 is 2.36. The zero-order valence-corrected chi connectivity index (χ0v) is 8.05. The van der Waals surface area contributed by atoms with Crippen LogP contribution in [-0.2, 0) is 7.05 Å². The van der Waals surface area contributed by atoms with Crippen molar-refractivity contribution in [2.24, 2.45) is 7.05 Å². The van der Waals surface area contributed by atoms with E-state index in [2.05, 4.69) is 5.10 Å². The van der Waals surface area contributed by atoms with Gasteiger partial charge in [0.05, 0.1) is 11.8 Å². The largest absolute Gasteiger partial charge is 0.275 e. The molecule has 0 spiro atoms. The second-order valence-corrected chi connectivity index (χ2v) is 3.11. The lowest BCUT2D eigenvalue weighted by atomic mass is 10.4. The smallest absolute Gasteiger partial charge is 0.256 e. The SMILES string of the molecule is Cn1ncc(C(=O)Cl)c1I. The van der Waals surface area contributed by atoms with Gasteiger partial charge in [-0.05, 0) is 34.2 Å². The maximum absolute atomic E-state index is 10.6. The number of carbonyl (C=O) groups is 1. The molecule has 0 radical (unpaired) electrons. The van der Waals surface area contributed by atoms with Gasteiger partial charge in [0.15, 0.2) is 0 Å². The quantitative estimate of drug-likeness (QED) is 0.571. The molecule has 0 fully saturated rings. The molecule has 1 aromatic rings. The van der Waals surface area contributed by atoms with E-state index in [0.717, 1.165) is 3.70 Å². The van der Waals surface area contributed by atoms with E-state index in [1.54, 1.807) is 11.7 Å². The number of rotatable bonds is 1. The highest BCUT2D eigenvalue weighted by Gasteiger charge is 2.10. The van der Waals surface area contributed by atoms with E-state index in [1.807, 2.05) is 22.6 Å². The van der Waals surface area contributed by atoms with Crippen LogP contribution in [0.1, 0.15) is 10.4 Å². The molecule has 0 N–H and O–H groups in total. The maximum atomic E-state index is 10.6. The average Bonchev–Trinajstić information content (AvgIpc) is 2.14. The molecule has 0 atom stereocenters. The average molecular weight is 270 g/mol. The highest BCUT2D eigenvalue weighted by Crippen LogP contribution is 2.12. The summed E-state index contributed by atoms with van der Waals surface area (Å²) in [5.41, 5.74) is 0.463. The molecule has 10 heavy (non-hydrogen) atoms. The zero-order chi connectivity index (χ0) is 7.72. The van der Waals surface area contributed by atoms with Crippen LogP contribution in [0.25, 0.3) is 0 Å². The van der Waals surface area contributed by atoms with Crippen molar-refractivity contribution in [2.45, 2.75) is 0 Å². The molecule has 0 aromatic carbocycles. The van der Waals surface area contributed by atoms with Crippen LogP contribution in [0.3, 0.4) is 0 Å². The van der Waals surface area contributed by atoms with Crippen LogP contribution < -0.4 is 0 Å². The molecule has 1 rings (SSSR count). The summed E-state index contributed by atoms with van der Waals surface area (Å²) in [5, 5.41) is 3.38. The van der Waals surface area contributed by atoms with Gasteiger partial charge in [0.1, 0.15) is 3.70 Å². The number of halogens is 2. The minimum absolute atomic E-state index is 0.461. The van der Waals surface area contributed by atoms with Crippen molar-refractivity contribution in [3.05, 3.63) is 15.5 Å². The molecular formula is C5H4ClIN2O. The number of carbonyl (C=O) groups excluding carboxylic acids is 1. The van der Waals surface area contributed by atoms with Crippen molar-refractivity contribution in [1.29, 1.82) is 0 Å². The Morgan fingerprint density at radius 1 is 1.90 bits per heavy atom. The fraction of sp³-hybridized carbons (Fsp3) is 0.200. The molecule has 0 aliphatic rings. The van der Waals surface area contributed by atoms with Gasteiger partial charge in [-0.25, -0.2) is 0 Å². The first-order chi connectivity index (χ1) is 4.63. The topological polar surface area (TPSA) is 34.9 Å². The molecule has 0 unspecified atom stereocenters. The molecule has 0 saturated heterocycles. The van der Waals surface area contributed by atoms with Gasteiger partial charge in [-0.2, -0.15) is 5.10 Å². The standard InChI is InChI=1S/C5H4ClIN2O/c1-9-5(7)3(2-8-9)4(6)10/h2H,1H3. The normalized spacial score (nSPS) is 9.90. The molecule has 0 aliphatic heterocycles. The van der Waals surface area contributed by atoms with Gasteiger partial charge in [-0.3, -0.25) is 9.48 Å². The second kappa shape index (κ2) is 2.87. The number of hydrogen-bond donors (Lipinski definition) is 0. The lowest BCUT2D eigenvalue weighted by molar-refractivity contribution is 0.108. The number of hydrogen-bond acceptors (Lipinski definition) is 2. The van der Waals surface area contributed by atoms with Crippen LogP contribution >= 0.6 is 34.2 Å². The van der Waals surface area contributed by atoms with Crippen molar-refractivity contribution in [3.8, 4) is 0 Å². The molecule has 0 saturated carbocycles. The highest BCUT2D eigenvalue weighted by atomic mass is 127. The Hall–Kier alpha value is -0.100. The van der Waals surface area contributed by atoms with Crippen molar-refractivity contribution in [1.82, 2.24) is 9.78 Å². The van der Waals surface area contributed by atoms with E-state index in [9.17, 15) is 4.79 Å². The summed E-state index contributed by atoms with van der Waals surface area (Å²) >= 11 is 7.24. The first-order valence-corrected chi connectivity index (χ1v) is 3.96. The van der Waals surface area contributed by atoms with Crippen molar-refractivity contribution < 1.29 is 4.79 Å². The van der Waals surface area contributed by atoms with Crippen LogP contribution in [0, 0.1) is 3.70 Å². The van der Waals surface area contributed by atoms with Gasteiger partial charge in [0.25, 0.3) is 5.24 Å². The first kappa shape index (κ1) is 8.00. The molecule has 0 bridgehead atoms. The molecule has 1 aromatic heterocycles. The van der Waals surface area contributed by atoms with Gasteiger partial charge in [-0.15, -0.1) is 0 Å². The van der Waals surface area contributed by atoms with E-state index >= 15 is 0 Å². The first-order valence-electron chi connectivity index (χ1n) is 2.50. The van der Waals surface area contributed by atoms with E-state index in [4.69, 9.17) is 11.6 Å². The summed E-state index contributed by atoms with van der Waals surface area (Å²) in [6, 6.07) is 0. The summed E-state index contributed by atoms with van der Waals surface area (Å²) in [4.78, 5) is 10.6.